The highest BCUT2D eigenvalue weighted by Gasteiger charge is 2.29. The summed E-state index contributed by atoms with van der Waals surface area (Å²) in [5, 5.41) is 22.4. The lowest BCUT2D eigenvalue weighted by atomic mass is 10.0. The van der Waals surface area contributed by atoms with Gasteiger partial charge >= 0.3 is 0 Å². The number of halogens is 1. The van der Waals surface area contributed by atoms with Crippen LogP contribution in [0.1, 0.15) is 30.0 Å². The SMILES string of the molecule is CCOCc1cc(I)cc(C(O)c2nc(OC)cc(OC)n2)c1[N+](=O)[O-]. The summed E-state index contributed by atoms with van der Waals surface area (Å²) in [4.78, 5) is 19.3. The van der Waals surface area contributed by atoms with E-state index < -0.39 is 11.0 Å². The Morgan fingerprint density at radius 2 is 1.85 bits per heavy atom. The lowest BCUT2D eigenvalue weighted by Gasteiger charge is -2.15. The molecule has 10 heteroatoms. The molecule has 140 valence electrons. The number of hydrogen-bond acceptors (Lipinski definition) is 8. The van der Waals surface area contributed by atoms with Crippen LogP contribution >= 0.6 is 22.6 Å². The van der Waals surface area contributed by atoms with E-state index in [-0.39, 0.29) is 35.4 Å². The minimum atomic E-state index is -1.44. The van der Waals surface area contributed by atoms with Crippen LogP contribution in [-0.4, -0.2) is 40.8 Å². The molecule has 0 aliphatic heterocycles. The fraction of sp³-hybridized carbons (Fsp3) is 0.375. The molecule has 1 aromatic carbocycles. The summed E-state index contributed by atoms with van der Waals surface area (Å²) in [7, 11) is 2.82. The standard InChI is InChI=1S/C16H18IN3O6/c1-4-26-8-9-5-10(17)6-11(14(9)20(22)23)15(21)16-18-12(24-2)7-13(19-16)25-3/h5-7,15,21H,4,8H2,1-3H3. The van der Waals surface area contributed by atoms with Crippen molar-refractivity contribution < 1.29 is 24.2 Å². The fourth-order valence-electron chi connectivity index (χ4n) is 2.32. The van der Waals surface area contributed by atoms with Gasteiger partial charge in [-0.05, 0) is 41.6 Å². The van der Waals surface area contributed by atoms with Gasteiger partial charge in [0.2, 0.25) is 11.8 Å². The molecule has 9 nitrogen and oxygen atoms in total. The monoisotopic (exact) mass is 475 g/mol. The van der Waals surface area contributed by atoms with Gasteiger partial charge in [0.25, 0.3) is 5.69 Å². The fourth-order valence-corrected chi connectivity index (χ4v) is 3.03. The molecule has 0 aliphatic carbocycles. The van der Waals surface area contributed by atoms with E-state index in [4.69, 9.17) is 14.2 Å². The molecule has 0 aliphatic rings. The summed E-state index contributed by atoms with van der Waals surface area (Å²) < 4.78 is 16.2. The molecule has 1 unspecified atom stereocenters. The number of aromatic nitrogens is 2. The van der Waals surface area contributed by atoms with Crippen LogP contribution in [-0.2, 0) is 11.3 Å². The zero-order valence-corrected chi connectivity index (χ0v) is 16.6. The van der Waals surface area contributed by atoms with Crippen LogP contribution in [0.15, 0.2) is 18.2 Å². The Bertz CT molecular complexity index is 780. The van der Waals surface area contributed by atoms with Crippen molar-refractivity contribution in [2.24, 2.45) is 0 Å². The normalized spacial score (nSPS) is 11.9. The highest BCUT2D eigenvalue weighted by Crippen LogP contribution is 2.34. The predicted octanol–water partition coefficient (Wildman–Crippen LogP) is 2.62. The molecule has 0 radical (unpaired) electrons. The van der Waals surface area contributed by atoms with Crippen LogP contribution in [0, 0.1) is 13.7 Å². The highest BCUT2D eigenvalue weighted by atomic mass is 127. The molecule has 1 aromatic heterocycles. The summed E-state index contributed by atoms with van der Waals surface area (Å²) in [6, 6.07) is 4.62. The van der Waals surface area contributed by atoms with Crippen LogP contribution in [0.2, 0.25) is 0 Å². The van der Waals surface area contributed by atoms with E-state index in [1.54, 1.807) is 13.0 Å². The summed E-state index contributed by atoms with van der Waals surface area (Å²) in [6.07, 6.45) is -1.44. The average molecular weight is 475 g/mol. The Kier molecular flexibility index (Phi) is 7.06. The smallest absolute Gasteiger partial charge is 0.281 e. The molecular weight excluding hydrogens is 457 g/mol. The van der Waals surface area contributed by atoms with Gasteiger partial charge in [-0.25, -0.2) is 0 Å². The number of nitro groups is 1. The molecule has 0 spiro atoms. The molecule has 1 atom stereocenters. The molecule has 0 saturated carbocycles. The number of methoxy groups -OCH3 is 2. The minimum Gasteiger partial charge on any atom is -0.481 e. The van der Waals surface area contributed by atoms with E-state index in [9.17, 15) is 15.2 Å². The first kappa shape index (κ1) is 20.3. The second kappa shape index (κ2) is 9.05. The van der Waals surface area contributed by atoms with E-state index in [0.29, 0.717) is 15.7 Å². The Hall–Kier alpha value is -2.05. The molecule has 1 N–H and O–H groups in total. The van der Waals surface area contributed by atoms with Gasteiger partial charge in [0.1, 0.15) is 6.10 Å². The molecule has 0 amide bonds. The van der Waals surface area contributed by atoms with Gasteiger partial charge in [-0.3, -0.25) is 10.1 Å². The topological polar surface area (TPSA) is 117 Å². The van der Waals surface area contributed by atoms with Gasteiger partial charge in [0.05, 0.1) is 42.9 Å². The summed E-state index contributed by atoms with van der Waals surface area (Å²) in [5.41, 5.74) is 0.219. The summed E-state index contributed by atoms with van der Waals surface area (Å²) in [6.45, 7) is 2.27. The molecule has 0 fully saturated rings. The van der Waals surface area contributed by atoms with Gasteiger partial charge in [-0.15, -0.1) is 0 Å². The Balaban J connectivity index is 2.59. The Morgan fingerprint density at radius 1 is 1.23 bits per heavy atom. The number of hydrogen-bond donors (Lipinski definition) is 1. The van der Waals surface area contributed by atoms with Gasteiger partial charge in [0, 0.05) is 10.2 Å². The number of aliphatic hydroxyl groups is 1. The average Bonchev–Trinajstić information content (AvgIpc) is 2.64. The van der Waals surface area contributed by atoms with E-state index in [1.165, 1.54) is 26.4 Å². The molecule has 26 heavy (non-hydrogen) atoms. The van der Waals surface area contributed by atoms with Crippen LogP contribution < -0.4 is 9.47 Å². The third-order valence-electron chi connectivity index (χ3n) is 3.48. The molecule has 2 rings (SSSR count). The number of ether oxygens (including phenoxy) is 3. The number of rotatable bonds is 8. The highest BCUT2D eigenvalue weighted by molar-refractivity contribution is 14.1. The van der Waals surface area contributed by atoms with Crippen LogP contribution in [0.25, 0.3) is 0 Å². The summed E-state index contributed by atoms with van der Waals surface area (Å²) in [5.74, 6) is 0.288. The zero-order chi connectivity index (χ0) is 19.3. The van der Waals surface area contributed by atoms with Gasteiger partial charge < -0.3 is 19.3 Å². The van der Waals surface area contributed by atoms with Crippen LogP contribution in [0.4, 0.5) is 5.69 Å². The number of nitrogens with zero attached hydrogens (tertiary/aromatic N) is 3. The second-order valence-electron chi connectivity index (χ2n) is 5.11. The van der Waals surface area contributed by atoms with E-state index >= 15 is 0 Å². The molecule has 0 bridgehead atoms. The second-order valence-corrected chi connectivity index (χ2v) is 6.36. The van der Waals surface area contributed by atoms with Crippen molar-refractivity contribution in [3.63, 3.8) is 0 Å². The maximum absolute atomic E-state index is 11.6. The van der Waals surface area contributed by atoms with Crippen molar-refractivity contribution in [3.8, 4) is 11.8 Å². The minimum absolute atomic E-state index is 0.0612. The third kappa shape index (κ3) is 4.56. The maximum atomic E-state index is 11.6. The van der Waals surface area contributed by atoms with E-state index in [0.717, 1.165) is 0 Å². The number of benzene rings is 1. The van der Waals surface area contributed by atoms with Crippen molar-refractivity contribution >= 4 is 28.3 Å². The summed E-state index contributed by atoms with van der Waals surface area (Å²) >= 11 is 2.02. The van der Waals surface area contributed by atoms with Gasteiger partial charge in [-0.2, -0.15) is 9.97 Å². The lowest BCUT2D eigenvalue weighted by Crippen LogP contribution is -2.12. The quantitative estimate of drug-likeness (QED) is 0.352. The van der Waals surface area contributed by atoms with Crippen molar-refractivity contribution in [2.75, 3.05) is 20.8 Å². The maximum Gasteiger partial charge on any atom is 0.281 e. The van der Waals surface area contributed by atoms with Crippen molar-refractivity contribution in [2.45, 2.75) is 19.6 Å². The van der Waals surface area contributed by atoms with E-state index in [2.05, 4.69) is 9.97 Å². The van der Waals surface area contributed by atoms with Crippen molar-refractivity contribution in [1.29, 1.82) is 0 Å². The Morgan fingerprint density at radius 3 is 2.35 bits per heavy atom. The molecule has 1 heterocycles. The largest absolute Gasteiger partial charge is 0.481 e. The van der Waals surface area contributed by atoms with Gasteiger partial charge in [-0.1, -0.05) is 0 Å². The first-order chi connectivity index (χ1) is 12.4. The van der Waals surface area contributed by atoms with Crippen molar-refractivity contribution in [3.05, 3.63) is 48.8 Å². The first-order valence-electron chi connectivity index (χ1n) is 7.60. The zero-order valence-electron chi connectivity index (χ0n) is 14.4. The van der Waals surface area contributed by atoms with Gasteiger partial charge in [0.15, 0.2) is 5.82 Å². The molecule has 2 aromatic rings. The number of nitro benzene ring substituents is 1. The first-order valence-corrected chi connectivity index (χ1v) is 8.68. The number of aliphatic hydroxyl groups excluding tert-OH is 1. The van der Waals surface area contributed by atoms with Crippen LogP contribution in [0.3, 0.4) is 0 Å². The predicted molar refractivity (Wildman–Crippen MR) is 100 cm³/mol. The molecule has 0 saturated heterocycles. The van der Waals surface area contributed by atoms with Crippen molar-refractivity contribution in [1.82, 2.24) is 9.97 Å². The lowest BCUT2D eigenvalue weighted by molar-refractivity contribution is -0.387. The molecular formula is C16H18IN3O6. The Labute approximate surface area is 163 Å². The van der Waals surface area contributed by atoms with Crippen LogP contribution in [0.5, 0.6) is 11.8 Å². The van der Waals surface area contributed by atoms with E-state index in [1.807, 2.05) is 22.6 Å². The third-order valence-corrected chi connectivity index (χ3v) is 4.10.